The van der Waals surface area contributed by atoms with Crippen LogP contribution in [-0.4, -0.2) is 41.6 Å². The molecule has 4 nitrogen and oxygen atoms in total. The largest absolute Gasteiger partial charge is 0.339 e. The summed E-state index contributed by atoms with van der Waals surface area (Å²) in [6, 6.07) is 17.2. The summed E-state index contributed by atoms with van der Waals surface area (Å²) in [5.74, 6) is 0.224. The summed E-state index contributed by atoms with van der Waals surface area (Å²) in [5, 5.41) is 1.24. The van der Waals surface area contributed by atoms with Crippen LogP contribution in [0.1, 0.15) is 38.9 Å². The van der Waals surface area contributed by atoms with Crippen LogP contribution in [0.4, 0.5) is 5.69 Å². The number of benzene rings is 2. The Morgan fingerprint density at radius 2 is 1.76 bits per heavy atom. The summed E-state index contributed by atoms with van der Waals surface area (Å²) >= 11 is 0. The third kappa shape index (κ3) is 3.36. The van der Waals surface area contributed by atoms with Gasteiger partial charge in [0, 0.05) is 42.2 Å². The Hall–Kier alpha value is -2.59. The van der Waals surface area contributed by atoms with Crippen LogP contribution in [0.15, 0.2) is 48.5 Å². The third-order valence-electron chi connectivity index (χ3n) is 6.35. The van der Waals surface area contributed by atoms with Gasteiger partial charge in [0.2, 0.25) is 5.91 Å². The van der Waals surface area contributed by atoms with Crippen molar-refractivity contribution in [1.82, 2.24) is 9.47 Å². The molecule has 2 aromatic carbocycles. The van der Waals surface area contributed by atoms with E-state index in [4.69, 9.17) is 0 Å². The first-order valence-electron chi connectivity index (χ1n) is 10.8. The molecule has 1 aromatic heterocycles. The Bertz CT molecular complexity index is 1020. The molecule has 0 bridgehead atoms. The molecule has 4 rings (SSSR count). The summed E-state index contributed by atoms with van der Waals surface area (Å²) in [4.78, 5) is 17.6. The van der Waals surface area contributed by atoms with Crippen LogP contribution in [0.5, 0.6) is 0 Å². The van der Waals surface area contributed by atoms with Crippen LogP contribution >= 0.6 is 0 Å². The first kappa shape index (κ1) is 19.7. The predicted molar refractivity (Wildman–Crippen MR) is 122 cm³/mol. The second-order valence-corrected chi connectivity index (χ2v) is 8.00. The van der Waals surface area contributed by atoms with Gasteiger partial charge in [-0.1, -0.05) is 56.3 Å². The number of likely N-dealkylation sites (N-methyl/N-ethyl adjacent to an activating group) is 1. The van der Waals surface area contributed by atoms with Gasteiger partial charge in [0.1, 0.15) is 0 Å². The van der Waals surface area contributed by atoms with Gasteiger partial charge in [-0.3, -0.25) is 4.79 Å². The highest BCUT2D eigenvalue weighted by atomic mass is 16.2. The Labute approximate surface area is 173 Å². The molecule has 1 amide bonds. The summed E-state index contributed by atoms with van der Waals surface area (Å²) in [7, 11) is 0. The number of rotatable bonds is 6. The Balaban J connectivity index is 1.89. The van der Waals surface area contributed by atoms with Crippen LogP contribution in [0, 0.1) is 6.92 Å². The summed E-state index contributed by atoms with van der Waals surface area (Å²) in [5.41, 5.74) is 6.01. The maximum atomic E-state index is 13.2. The number of carbonyl (C=O) groups excluding carboxylic acids is 1. The smallest absolute Gasteiger partial charge is 0.229 e. The molecule has 0 radical (unpaired) electrons. The van der Waals surface area contributed by atoms with Crippen LogP contribution in [0.3, 0.4) is 0 Å². The van der Waals surface area contributed by atoms with Crippen LogP contribution in [0.25, 0.3) is 22.0 Å². The molecular formula is C25H31N3O. The zero-order valence-electron chi connectivity index (χ0n) is 18.0. The van der Waals surface area contributed by atoms with Crippen molar-refractivity contribution in [3.8, 4) is 11.1 Å². The van der Waals surface area contributed by atoms with Gasteiger partial charge in [0.25, 0.3) is 0 Å². The van der Waals surface area contributed by atoms with Crippen LogP contribution in [0.2, 0.25) is 0 Å². The number of carbonyl (C=O) groups is 1. The molecule has 0 saturated heterocycles. The summed E-state index contributed by atoms with van der Waals surface area (Å²) in [6.07, 6.45) is 0.534. The van der Waals surface area contributed by atoms with Crippen molar-refractivity contribution < 1.29 is 4.79 Å². The standard InChI is InChI=1S/C25H31N3O/c1-5-26(6-2)15-16-27-22-14-10-13-21-24(20-11-8-7-9-12-20)19(4)28(25(21)22)18(3)17-23(27)29/h7-14,18H,5-6,15-17H2,1-4H3. The molecule has 4 heteroatoms. The van der Waals surface area contributed by atoms with Gasteiger partial charge in [0.05, 0.1) is 11.2 Å². The molecule has 0 spiro atoms. The second-order valence-electron chi connectivity index (χ2n) is 8.00. The lowest BCUT2D eigenvalue weighted by atomic mass is 10.0. The number of anilines is 1. The van der Waals surface area contributed by atoms with Gasteiger partial charge in [-0.2, -0.15) is 0 Å². The van der Waals surface area contributed by atoms with E-state index in [0.29, 0.717) is 6.42 Å². The van der Waals surface area contributed by atoms with Gasteiger partial charge in [-0.05, 0) is 38.6 Å². The first-order valence-corrected chi connectivity index (χ1v) is 10.8. The number of amides is 1. The number of hydrogen-bond donors (Lipinski definition) is 0. The number of aromatic nitrogens is 1. The van der Waals surface area contributed by atoms with Gasteiger partial charge in [-0.25, -0.2) is 0 Å². The second kappa shape index (κ2) is 8.03. The number of para-hydroxylation sites is 1. The monoisotopic (exact) mass is 389 g/mol. The number of nitrogens with zero attached hydrogens (tertiary/aromatic N) is 3. The molecule has 1 unspecified atom stereocenters. The van der Waals surface area contributed by atoms with Crippen molar-refractivity contribution in [3.05, 3.63) is 54.2 Å². The van der Waals surface area contributed by atoms with Crippen LogP contribution in [-0.2, 0) is 4.79 Å². The lowest BCUT2D eigenvalue weighted by Gasteiger charge is -2.26. The number of hydrogen-bond acceptors (Lipinski definition) is 2. The van der Waals surface area contributed by atoms with E-state index in [-0.39, 0.29) is 11.9 Å². The van der Waals surface area contributed by atoms with Gasteiger partial charge >= 0.3 is 0 Å². The highest BCUT2D eigenvalue weighted by molar-refractivity contribution is 6.09. The highest BCUT2D eigenvalue weighted by Crippen LogP contribution is 2.43. The normalized spacial score (nSPS) is 16.7. The minimum atomic E-state index is 0.141. The van der Waals surface area contributed by atoms with Crippen LogP contribution < -0.4 is 4.90 Å². The van der Waals surface area contributed by atoms with Gasteiger partial charge < -0.3 is 14.4 Å². The molecule has 1 aliphatic rings. The third-order valence-corrected chi connectivity index (χ3v) is 6.35. The molecule has 3 aromatic rings. The average Bonchev–Trinajstić information content (AvgIpc) is 2.98. The summed E-state index contributed by atoms with van der Waals surface area (Å²) < 4.78 is 2.39. The maximum Gasteiger partial charge on any atom is 0.229 e. The minimum Gasteiger partial charge on any atom is -0.339 e. The lowest BCUT2D eigenvalue weighted by molar-refractivity contribution is -0.119. The van der Waals surface area contributed by atoms with E-state index in [1.807, 2.05) is 4.90 Å². The van der Waals surface area contributed by atoms with E-state index in [2.05, 4.69) is 85.7 Å². The molecule has 1 aliphatic heterocycles. The van der Waals surface area contributed by atoms with E-state index in [9.17, 15) is 4.79 Å². The minimum absolute atomic E-state index is 0.141. The zero-order chi connectivity index (χ0) is 20.5. The molecule has 2 heterocycles. The van der Waals surface area contributed by atoms with E-state index in [0.717, 1.165) is 31.9 Å². The van der Waals surface area contributed by atoms with Crippen molar-refractivity contribution >= 4 is 22.5 Å². The van der Waals surface area contributed by atoms with E-state index in [1.165, 1.54) is 27.7 Å². The fourth-order valence-electron chi connectivity index (χ4n) is 4.82. The summed E-state index contributed by atoms with van der Waals surface area (Å²) in [6.45, 7) is 12.4. The quantitative estimate of drug-likeness (QED) is 0.575. The van der Waals surface area contributed by atoms with Crippen molar-refractivity contribution in [2.75, 3.05) is 31.1 Å². The maximum absolute atomic E-state index is 13.2. The Morgan fingerprint density at radius 3 is 2.45 bits per heavy atom. The fraction of sp³-hybridized carbons (Fsp3) is 0.400. The predicted octanol–water partition coefficient (Wildman–Crippen LogP) is 5.26. The van der Waals surface area contributed by atoms with Gasteiger partial charge in [0.15, 0.2) is 0 Å². The Kier molecular flexibility index (Phi) is 5.46. The molecule has 1 atom stereocenters. The lowest BCUT2D eigenvalue weighted by Crippen LogP contribution is -2.38. The van der Waals surface area contributed by atoms with E-state index >= 15 is 0 Å². The Morgan fingerprint density at radius 1 is 1.03 bits per heavy atom. The van der Waals surface area contributed by atoms with E-state index in [1.54, 1.807) is 0 Å². The molecule has 29 heavy (non-hydrogen) atoms. The topological polar surface area (TPSA) is 28.5 Å². The van der Waals surface area contributed by atoms with E-state index < -0.39 is 0 Å². The zero-order valence-corrected chi connectivity index (χ0v) is 18.0. The van der Waals surface area contributed by atoms with Crippen molar-refractivity contribution in [3.63, 3.8) is 0 Å². The molecule has 0 N–H and O–H groups in total. The fourth-order valence-corrected chi connectivity index (χ4v) is 4.82. The van der Waals surface area contributed by atoms with Crippen molar-refractivity contribution in [1.29, 1.82) is 0 Å². The van der Waals surface area contributed by atoms with Crippen molar-refractivity contribution in [2.45, 2.75) is 40.2 Å². The highest BCUT2D eigenvalue weighted by Gasteiger charge is 2.30. The average molecular weight is 390 g/mol. The molecule has 0 fully saturated rings. The molecule has 152 valence electrons. The van der Waals surface area contributed by atoms with Gasteiger partial charge in [-0.15, -0.1) is 0 Å². The molecule has 0 aliphatic carbocycles. The first-order chi connectivity index (χ1) is 14.1. The SMILES string of the molecule is CCN(CC)CCN1C(=O)CC(C)n2c(C)c(-c3ccccc3)c3cccc1c32. The molecular weight excluding hydrogens is 358 g/mol. The van der Waals surface area contributed by atoms with Crippen molar-refractivity contribution in [2.24, 2.45) is 0 Å². The molecule has 0 saturated carbocycles.